The Morgan fingerprint density at radius 1 is 1.26 bits per heavy atom. The van der Waals surface area contributed by atoms with E-state index in [0.717, 1.165) is 5.56 Å². The van der Waals surface area contributed by atoms with Crippen LogP contribution in [0.4, 0.5) is 4.39 Å². The third kappa shape index (κ3) is 3.46. The van der Waals surface area contributed by atoms with Crippen molar-refractivity contribution in [3.8, 4) is 5.75 Å². The van der Waals surface area contributed by atoms with Crippen LogP contribution >= 0.6 is 11.6 Å². The molecular weight excluding hydrogens is 267 g/mol. The van der Waals surface area contributed by atoms with Gasteiger partial charge < -0.3 is 9.84 Å². The molecule has 0 fully saturated rings. The number of rotatable bonds is 4. The van der Waals surface area contributed by atoms with Gasteiger partial charge in [0.15, 0.2) is 0 Å². The number of hydrogen-bond donors (Lipinski definition) is 1. The summed E-state index contributed by atoms with van der Waals surface area (Å²) in [7, 11) is 0. The summed E-state index contributed by atoms with van der Waals surface area (Å²) in [6, 6.07) is 11.6. The molecule has 19 heavy (non-hydrogen) atoms. The molecule has 0 radical (unpaired) electrons. The molecule has 1 N–H and O–H groups in total. The highest BCUT2D eigenvalue weighted by Gasteiger charge is 2.08. The van der Waals surface area contributed by atoms with Crippen molar-refractivity contribution in [2.45, 2.75) is 19.6 Å². The van der Waals surface area contributed by atoms with Crippen molar-refractivity contribution in [1.82, 2.24) is 0 Å². The topological polar surface area (TPSA) is 29.5 Å². The van der Waals surface area contributed by atoms with Gasteiger partial charge in [-0.05, 0) is 36.8 Å². The van der Waals surface area contributed by atoms with Crippen LogP contribution < -0.4 is 4.74 Å². The molecule has 0 bridgehead atoms. The number of benzene rings is 2. The van der Waals surface area contributed by atoms with E-state index in [0.29, 0.717) is 16.3 Å². The first kappa shape index (κ1) is 13.8. The molecule has 0 aliphatic carbocycles. The Morgan fingerprint density at radius 2 is 2.00 bits per heavy atom. The lowest BCUT2D eigenvalue weighted by Gasteiger charge is -2.11. The van der Waals surface area contributed by atoms with Gasteiger partial charge in [0.1, 0.15) is 18.2 Å². The monoisotopic (exact) mass is 280 g/mol. The fraction of sp³-hybridized carbons (Fsp3) is 0.200. The van der Waals surface area contributed by atoms with E-state index in [1.165, 1.54) is 6.07 Å². The predicted octanol–water partition coefficient (Wildman–Crippen LogP) is 4.11. The fourth-order valence-electron chi connectivity index (χ4n) is 1.69. The molecule has 2 rings (SSSR count). The zero-order valence-corrected chi connectivity index (χ0v) is 11.2. The fourth-order valence-corrected chi connectivity index (χ4v) is 1.91. The molecule has 0 heterocycles. The van der Waals surface area contributed by atoms with E-state index in [9.17, 15) is 9.50 Å². The van der Waals surface area contributed by atoms with Crippen molar-refractivity contribution >= 4 is 11.6 Å². The average molecular weight is 281 g/mol. The summed E-state index contributed by atoms with van der Waals surface area (Å²) in [5.41, 5.74) is 1.07. The van der Waals surface area contributed by atoms with Crippen LogP contribution in [-0.4, -0.2) is 5.11 Å². The van der Waals surface area contributed by atoms with E-state index in [2.05, 4.69) is 0 Å². The summed E-state index contributed by atoms with van der Waals surface area (Å²) < 4.78 is 19.1. The number of ether oxygens (including phenoxy) is 1. The molecule has 0 saturated heterocycles. The van der Waals surface area contributed by atoms with Gasteiger partial charge in [-0.3, -0.25) is 0 Å². The Bertz CT molecular complexity index is 550. The zero-order chi connectivity index (χ0) is 13.8. The van der Waals surface area contributed by atoms with E-state index in [-0.39, 0.29) is 12.4 Å². The standard InChI is InChI=1S/C15H14ClFO2/c1-10(18)11-4-2-5-12(8-11)19-9-13-14(16)6-3-7-15(13)17/h2-8,10,18H,9H2,1H3/t10-/m0/s1. The Kier molecular flexibility index (Phi) is 4.40. The molecule has 0 spiro atoms. The molecule has 2 aromatic rings. The molecule has 0 amide bonds. The largest absolute Gasteiger partial charge is 0.489 e. The summed E-state index contributed by atoms with van der Waals surface area (Å²) in [6.07, 6.45) is -0.569. The van der Waals surface area contributed by atoms with E-state index in [1.807, 2.05) is 0 Å². The van der Waals surface area contributed by atoms with E-state index >= 15 is 0 Å². The van der Waals surface area contributed by atoms with Gasteiger partial charge in [0.2, 0.25) is 0 Å². The van der Waals surface area contributed by atoms with Crippen LogP contribution in [0.25, 0.3) is 0 Å². The lowest BCUT2D eigenvalue weighted by atomic mass is 10.1. The lowest BCUT2D eigenvalue weighted by molar-refractivity contribution is 0.198. The maximum Gasteiger partial charge on any atom is 0.131 e. The third-order valence-electron chi connectivity index (χ3n) is 2.79. The Balaban J connectivity index is 2.12. The normalized spacial score (nSPS) is 12.2. The van der Waals surface area contributed by atoms with E-state index in [4.69, 9.17) is 16.3 Å². The summed E-state index contributed by atoms with van der Waals surface area (Å²) in [6.45, 7) is 1.72. The minimum absolute atomic E-state index is 0.0504. The third-order valence-corrected chi connectivity index (χ3v) is 3.14. The van der Waals surface area contributed by atoms with Crippen molar-refractivity contribution in [2.75, 3.05) is 0 Å². The second kappa shape index (κ2) is 6.04. The van der Waals surface area contributed by atoms with Crippen molar-refractivity contribution in [3.63, 3.8) is 0 Å². The van der Waals surface area contributed by atoms with Gasteiger partial charge in [0, 0.05) is 5.56 Å². The highest BCUT2D eigenvalue weighted by molar-refractivity contribution is 6.31. The minimum Gasteiger partial charge on any atom is -0.489 e. The van der Waals surface area contributed by atoms with E-state index < -0.39 is 6.10 Å². The van der Waals surface area contributed by atoms with Gasteiger partial charge in [0.25, 0.3) is 0 Å². The van der Waals surface area contributed by atoms with Gasteiger partial charge in [-0.2, -0.15) is 0 Å². The highest BCUT2D eigenvalue weighted by atomic mass is 35.5. The molecule has 100 valence electrons. The molecule has 0 aliphatic rings. The van der Waals surface area contributed by atoms with Crippen molar-refractivity contribution in [1.29, 1.82) is 0 Å². The average Bonchev–Trinajstić information content (AvgIpc) is 2.38. The van der Waals surface area contributed by atoms with Crippen LogP contribution in [0.15, 0.2) is 42.5 Å². The molecule has 0 saturated carbocycles. The Morgan fingerprint density at radius 3 is 2.68 bits per heavy atom. The SMILES string of the molecule is C[C@H](O)c1cccc(OCc2c(F)cccc2Cl)c1. The van der Waals surface area contributed by atoms with Crippen LogP contribution in [0.2, 0.25) is 5.02 Å². The van der Waals surface area contributed by atoms with Crippen LogP contribution in [0.5, 0.6) is 5.75 Å². The molecule has 0 aliphatic heterocycles. The number of hydrogen-bond acceptors (Lipinski definition) is 2. The van der Waals surface area contributed by atoms with Gasteiger partial charge >= 0.3 is 0 Å². The molecule has 2 nitrogen and oxygen atoms in total. The van der Waals surface area contributed by atoms with Crippen molar-refractivity contribution in [2.24, 2.45) is 0 Å². The minimum atomic E-state index is -0.569. The molecule has 0 aromatic heterocycles. The summed E-state index contributed by atoms with van der Waals surface area (Å²) in [5, 5.41) is 9.82. The summed E-state index contributed by atoms with van der Waals surface area (Å²) in [4.78, 5) is 0. The van der Waals surface area contributed by atoms with Gasteiger partial charge in [-0.25, -0.2) is 4.39 Å². The van der Waals surface area contributed by atoms with Crippen LogP contribution in [0, 0.1) is 5.82 Å². The first-order chi connectivity index (χ1) is 9.08. The second-order valence-corrected chi connectivity index (χ2v) is 4.64. The first-order valence-electron chi connectivity index (χ1n) is 5.91. The second-order valence-electron chi connectivity index (χ2n) is 4.24. The molecular formula is C15H14ClFO2. The first-order valence-corrected chi connectivity index (χ1v) is 6.29. The summed E-state index contributed by atoms with van der Waals surface area (Å²) in [5.74, 6) is 0.178. The van der Waals surface area contributed by atoms with Gasteiger partial charge in [0.05, 0.1) is 11.1 Å². The molecule has 4 heteroatoms. The summed E-state index contributed by atoms with van der Waals surface area (Å²) >= 11 is 5.92. The van der Waals surface area contributed by atoms with Crippen LogP contribution in [-0.2, 0) is 6.61 Å². The number of halogens is 2. The van der Waals surface area contributed by atoms with Crippen LogP contribution in [0.3, 0.4) is 0 Å². The Hall–Kier alpha value is -1.58. The maximum absolute atomic E-state index is 13.6. The smallest absolute Gasteiger partial charge is 0.131 e. The molecule has 1 atom stereocenters. The highest BCUT2D eigenvalue weighted by Crippen LogP contribution is 2.23. The van der Waals surface area contributed by atoms with Crippen molar-refractivity contribution < 1.29 is 14.2 Å². The van der Waals surface area contributed by atoms with Gasteiger partial charge in [-0.1, -0.05) is 29.8 Å². The van der Waals surface area contributed by atoms with Gasteiger partial charge in [-0.15, -0.1) is 0 Å². The quantitative estimate of drug-likeness (QED) is 0.913. The molecule has 0 unspecified atom stereocenters. The van der Waals surface area contributed by atoms with Crippen LogP contribution in [0.1, 0.15) is 24.2 Å². The number of aliphatic hydroxyl groups is 1. The predicted molar refractivity (Wildman–Crippen MR) is 72.8 cm³/mol. The van der Waals surface area contributed by atoms with E-state index in [1.54, 1.807) is 43.3 Å². The molecule has 2 aromatic carbocycles. The number of aliphatic hydroxyl groups excluding tert-OH is 1. The Labute approximate surface area is 116 Å². The van der Waals surface area contributed by atoms with Crippen molar-refractivity contribution in [3.05, 3.63) is 64.4 Å². The zero-order valence-electron chi connectivity index (χ0n) is 10.4. The maximum atomic E-state index is 13.6. The lowest BCUT2D eigenvalue weighted by Crippen LogP contribution is -2.00.